The van der Waals surface area contributed by atoms with Gasteiger partial charge in [-0.3, -0.25) is 0 Å². The highest BCUT2D eigenvalue weighted by Gasteiger charge is 2.09. The highest BCUT2D eigenvalue weighted by Crippen LogP contribution is 2.31. The molecule has 2 aromatic carbocycles. The van der Waals surface area contributed by atoms with E-state index in [4.69, 9.17) is 23.2 Å². The van der Waals surface area contributed by atoms with E-state index in [0.717, 1.165) is 5.69 Å². The summed E-state index contributed by atoms with van der Waals surface area (Å²) in [5.74, 6) is 0.942. The second-order valence-electron chi connectivity index (χ2n) is 5.23. The van der Waals surface area contributed by atoms with E-state index < -0.39 is 0 Å². The summed E-state index contributed by atoms with van der Waals surface area (Å²) in [6.07, 6.45) is 0. The zero-order valence-corrected chi connectivity index (χ0v) is 14.7. The summed E-state index contributed by atoms with van der Waals surface area (Å²) in [6.45, 7) is 1.85. The molecule has 2 N–H and O–H groups in total. The summed E-state index contributed by atoms with van der Waals surface area (Å²) >= 11 is 12.2. The number of aromatic nitrogens is 2. The minimum atomic E-state index is 0.378. The van der Waals surface area contributed by atoms with Crippen LogP contribution in [0.5, 0.6) is 0 Å². The number of aryl methyl sites for hydroxylation is 1. The number of halogens is 2. The fraction of sp³-hybridized carbons (Fsp3) is 0.0556. The fourth-order valence-electron chi connectivity index (χ4n) is 2.24. The van der Waals surface area contributed by atoms with E-state index in [1.807, 2.05) is 19.1 Å². The Morgan fingerprint density at radius 2 is 1.72 bits per heavy atom. The van der Waals surface area contributed by atoms with E-state index in [9.17, 15) is 5.26 Å². The van der Waals surface area contributed by atoms with Gasteiger partial charge in [-0.15, -0.1) is 0 Å². The first-order valence-corrected chi connectivity index (χ1v) is 8.15. The van der Waals surface area contributed by atoms with Gasteiger partial charge < -0.3 is 10.6 Å². The van der Waals surface area contributed by atoms with Crippen LogP contribution in [-0.4, -0.2) is 9.97 Å². The zero-order chi connectivity index (χ0) is 17.8. The highest BCUT2D eigenvalue weighted by molar-refractivity contribution is 6.43. The average Bonchev–Trinajstić information content (AvgIpc) is 2.59. The fourth-order valence-corrected chi connectivity index (χ4v) is 2.58. The van der Waals surface area contributed by atoms with Crippen molar-refractivity contribution in [3.63, 3.8) is 0 Å². The molecule has 1 heterocycles. The van der Waals surface area contributed by atoms with Gasteiger partial charge >= 0.3 is 0 Å². The van der Waals surface area contributed by atoms with Crippen molar-refractivity contribution in [1.82, 2.24) is 9.97 Å². The van der Waals surface area contributed by atoms with Crippen molar-refractivity contribution < 1.29 is 0 Å². The van der Waals surface area contributed by atoms with Crippen LogP contribution in [0.2, 0.25) is 10.0 Å². The van der Waals surface area contributed by atoms with E-state index in [1.165, 1.54) is 0 Å². The van der Waals surface area contributed by atoms with Crippen molar-refractivity contribution in [2.45, 2.75) is 6.92 Å². The number of nitrogens with zero attached hydrogens (tertiary/aromatic N) is 3. The van der Waals surface area contributed by atoms with Gasteiger partial charge in [0.15, 0.2) is 0 Å². The van der Waals surface area contributed by atoms with E-state index in [0.29, 0.717) is 38.7 Å². The third kappa shape index (κ3) is 4.00. The first-order chi connectivity index (χ1) is 12.1. The third-order valence-corrected chi connectivity index (χ3v) is 4.18. The Bertz CT molecular complexity index is 966. The Hall–Kier alpha value is -2.81. The summed E-state index contributed by atoms with van der Waals surface area (Å²) in [4.78, 5) is 8.78. The molecule has 5 nitrogen and oxygen atoms in total. The Balaban J connectivity index is 1.91. The molecule has 124 valence electrons. The molecule has 25 heavy (non-hydrogen) atoms. The summed E-state index contributed by atoms with van der Waals surface area (Å²) < 4.78 is 0. The highest BCUT2D eigenvalue weighted by atomic mass is 35.5. The second kappa shape index (κ2) is 7.39. The van der Waals surface area contributed by atoms with Crippen molar-refractivity contribution in [2.75, 3.05) is 10.6 Å². The van der Waals surface area contributed by atoms with Gasteiger partial charge in [0.2, 0.25) is 5.95 Å². The lowest BCUT2D eigenvalue weighted by Crippen LogP contribution is -2.03. The standard InChI is InChI=1S/C18H13Cl2N5/c1-11-9-16(23-15-8-4-6-13(19)17(15)20)25-18(22-11)24-14-7-3-2-5-12(14)10-21/h2-9H,1H3,(H2,22,23,24,25). The molecule has 0 saturated heterocycles. The Morgan fingerprint density at radius 3 is 2.52 bits per heavy atom. The number of nitriles is 1. The number of hydrogen-bond donors (Lipinski definition) is 2. The molecule has 0 atom stereocenters. The molecule has 1 aromatic heterocycles. The van der Waals surface area contributed by atoms with Crippen molar-refractivity contribution >= 4 is 46.3 Å². The van der Waals surface area contributed by atoms with Crippen molar-refractivity contribution in [2.24, 2.45) is 0 Å². The number of rotatable bonds is 4. The molecule has 0 amide bonds. The quantitative estimate of drug-likeness (QED) is 0.639. The Kier molecular flexibility index (Phi) is 5.03. The molecule has 0 saturated carbocycles. The van der Waals surface area contributed by atoms with Crippen LogP contribution >= 0.6 is 23.2 Å². The van der Waals surface area contributed by atoms with Gasteiger partial charge in [-0.05, 0) is 31.2 Å². The Labute approximate surface area is 155 Å². The number of anilines is 4. The lowest BCUT2D eigenvalue weighted by atomic mass is 10.2. The molecular formula is C18H13Cl2N5. The number of hydrogen-bond acceptors (Lipinski definition) is 5. The maximum atomic E-state index is 9.19. The molecule has 0 radical (unpaired) electrons. The van der Waals surface area contributed by atoms with Gasteiger partial charge in [0.05, 0.1) is 27.0 Å². The second-order valence-corrected chi connectivity index (χ2v) is 6.01. The predicted octanol–water partition coefficient (Wildman–Crippen LogP) is 5.45. The molecule has 7 heteroatoms. The predicted molar refractivity (Wildman–Crippen MR) is 101 cm³/mol. The van der Waals surface area contributed by atoms with Gasteiger partial charge in [-0.25, -0.2) is 4.98 Å². The zero-order valence-electron chi connectivity index (χ0n) is 13.2. The smallest absolute Gasteiger partial charge is 0.229 e. The molecule has 0 aliphatic carbocycles. The van der Waals surface area contributed by atoms with Gasteiger partial charge in [0, 0.05) is 11.8 Å². The van der Waals surface area contributed by atoms with E-state index >= 15 is 0 Å². The SMILES string of the molecule is Cc1cc(Nc2cccc(Cl)c2Cl)nc(Nc2ccccc2C#N)n1. The minimum Gasteiger partial charge on any atom is -0.339 e. The molecule has 0 unspecified atom stereocenters. The van der Waals surface area contributed by atoms with Gasteiger partial charge in [0.1, 0.15) is 11.9 Å². The van der Waals surface area contributed by atoms with Crippen LogP contribution in [0, 0.1) is 18.3 Å². The molecule has 0 spiro atoms. The van der Waals surface area contributed by atoms with Gasteiger partial charge in [-0.1, -0.05) is 41.4 Å². The number of nitrogens with one attached hydrogen (secondary N) is 2. The van der Waals surface area contributed by atoms with Crippen molar-refractivity contribution in [1.29, 1.82) is 5.26 Å². The molecule has 3 aromatic rings. The summed E-state index contributed by atoms with van der Waals surface area (Å²) in [7, 11) is 0. The van der Waals surface area contributed by atoms with E-state index in [1.54, 1.807) is 36.4 Å². The maximum absolute atomic E-state index is 9.19. The van der Waals surface area contributed by atoms with Crippen LogP contribution in [-0.2, 0) is 0 Å². The van der Waals surface area contributed by atoms with Crippen LogP contribution < -0.4 is 10.6 Å². The lowest BCUT2D eigenvalue weighted by Gasteiger charge is -2.12. The summed E-state index contributed by atoms with van der Waals surface area (Å²) in [6, 6.07) is 16.4. The third-order valence-electron chi connectivity index (χ3n) is 3.36. The van der Waals surface area contributed by atoms with Crippen molar-refractivity contribution in [3.05, 3.63) is 69.8 Å². The van der Waals surface area contributed by atoms with Crippen LogP contribution in [0.25, 0.3) is 0 Å². The van der Waals surface area contributed by atoms with Gasteiger partial charge in [-0.2, -0.15) is 10.2 Å². The number of para-hydroxylation sites is 1. The van der Waals surface area contributed by atoms with E-state index in [-0.39, 0.29) is 0 Å². The molecular weight excluding hydrogens is 357 g/mol. The monoisotopic (exact) mass is 369 g/mol. The van der Waals surface area contributed by atoms with Crippen LogP contribution in [0.3, 0.4) is 0 Å². The van der Waals surface area contributed by atoms with Crippen molar-refractivity contribution in [3.8, 4) is 6.07 Å². The molecule has 0 aliphatic heterocycles. The average molecular weight is 370 g/mol. The first kappa shape index (κ1) is 17.0. The summed E-state index contributed by atoms with van der Waals surface area (Å²) in [5, 5.41) is 16.3. The molecule has 0 fully saturated rings. The maximum Gasteiger partial charge on any atom is 0.229 e. The Morgan fingerprint density at radius 1 is 0.960 bits per heavy atom. The summed E-state index contributed by atoms with van der Waals surface area (Å²) in [5.41, 5.74) is 2.56. The van der Waals surface area contributed by atoms with Gasteiger partial charge in [0.25, 0.3) is 0 Å². The minimum absolute atomic E-state index is 0.378. The molecule has 0 bridgehead atoms. The molecule has 0 aliphatic rings. The van der Waals surface area contributed by atoms with Crippen LogP contribution in [0.4, 0.5) is 23.1 Å². The van der Waals surface area contributed by atoms with Crippen LogP contribution in [0.1, 0.15) is 11.3 Å². The first-order valence-electron chi connectivity index (χ1n) is 7.39. The largest absolute Gasteiger partial charge is 0.339 e. The van der Waals surface area contributed by atoms with E-state index in [2.05, 4.69) is 26.7 Å². The number of benzene rings is 2. The topological polar surface area (TPSA) is 73.6 Å². The lowest BCUT2D eigenvalue weighted by molar-refractivity contribution is 1.11. The van der Waals surface area contributed by atoms with Crippen LogP contribution in [0.15, 0.2) is 48.5 Å². The normalized spacial score (nSPS) is 10.2. The molecule has 3 rings (SSSR count).